The van der Waals surface area contributed by atoms with Crippen LogP contribution in [0.3, 0.4) is 0 Å². The average molecular weight is 391 g/mol. The highest BCUT2D eigenvalue weighted by Crippen LogP contribution is 2.20. The molecule has 1 atom stereocenters. The summed E-state index contributed by atoms with van der Waals surface area (Å²) in [5.41, 5.74) is 0.250. The molecule has 0 aromatic heterocycles. The van der Waals surface area contributed by atoms with E-state index in [0.29, 0.717) is 0 Å². The maximum absolute atomic E-state index is 12.7. The number of carbonyl (C=O) groups excluding carboxylic acids is 1. The Morgan fingerprint density at radius 2 is 1.72 bits per heavy atom. The van der Waals surface area contributed by atoms with E-state index in [1.54, 1.807) is 0 Å². The first-order valence-electron chi connectivity index (χ1n) is 7.50. The van der Waals surface area contributed by atoms with E-state index < -0.39 is 26.2 Å². The Hall–Kier alpha value is -1.69. The molecule has 1 aromatic carbocycles. The summed E-state index contributed by atoms with van der Waals surface area (Å²) in [6.07, 6.45) is 0.0178. The first-order valence-corrected chi connectivity index (χ1v) is 10.8. The van der Waals surface area contributed by atoms with Crippen molar-refractivity contribution in [1.82, 2.24) is 9.21 Å². The molecule has 0 aliphatic carbocycles. The van der Waals surface area contributed by atoms with E-state index >= 15 is 0 Å². The fourth-order valence-corrected chi connectivity index (χ4v) is 4.56. The lowest BCUT2D eigenvalue weighted by molar-refractivity contribution is -0.129. The van der Waals surface area contributed by atoms with E-state index in [1.165, 1.54) is 36.1 Å². The predicted octanol–water partition coefficient (Wildman–Crippen LogP) is -0.728. The highest BCUT2D eigenvalue weighted by Gasteiger charge is 2.31. The van der Waals surface area contributed by atoms with Crippen LogP contribution in [0, 0.1) is 0 Å². The van der Waals surface area contributed by atoms with Gasteiger partial charge in [-0.2, -0.15) is 4.31 Å². The molecule has 1 unspecified atom stereocenters. The van der Waals surface area contributed by atoms with Crippen molar-refractivity contribution in [2.24, 2.45) is 0 Å². The minimum atomic E-state index is -3.87. The number of anilines is 1. The van der Waals surface area contributed by atoms with Crippen molar-refractivity contribution >= 4 is 31.6 Å². The maximum atomic E-state index is 12.7. The van der Waals surface area contributed by atoms with Gasteiger partial charge < -0.3 is 10.0 Å². The van der Waals surface area contributed by atoms with Crippen molar-refractivity contribution in [3.8, 4) is 0 Å². The van der Waals surface area contributed by atoms with Gasteiger partial charge in [-0.1, -0.05) is 0 Å². The van der Waals surface area contributed by atoms with E-state index in [1.807, 2.05) is 0 Å². The zero-order chi connectivity index (χ0) is 18.8. The first kappa shape index (κ1) is 19.6. The lowest BCUT2D eigenvalue weighted by atomic mass is 10.3. The van der Waals surface area contributed by atoms with Gasteiger partial charge in [0.25, 0.3) is 0 Å². The van der Waals surface area contributed by atoms with Crippen LogP contribution in [0.4, 0.5) is 5.69 Å². The van der Waals surface area contributed by atoms with Gasteiger partial charge in [-0.15, -0.1) is 0 Å². The summed E-state index contributed by atoms with van der Waals surface area (Å²) in [6.45, 7) is 1.60. The summed E-state index contributed by atoms with van der Waals surface area (Å²) in [6, 6.07) is 5.29. The van der Waals surface area contributed by atoms with Crippen molar-refractivity contribution in [2.75, 3.05) is 37.2 Å². The van der Waals surface area contributed by atoms with E-state index in [0.717, 1.165) is 10.6 Å². The number of rotatable bonds is 4. The maximum Gasteiger partial charge on any atom is 0.243 e. The monoisotopic (exact) mass is 391 g/mol. The van der Waals surface area contributed by atoms with Gasteiger partial charge in [-0.05, 0) is 24.3 Å². The van der Waals surface area contributed by atoms with E-state index in [2.05, 4.69) is 4.72 Å². The predicted molar refractivity (Wildman–Crippen MR) is 91.9 cm³/mol. The summed E-state index contributed by atoms with van der Waals surface area (Å²) in [5, 5.41) is 9.98. The van der Waals surface area contributed by atoms with Crippen LogP contribution < -0.4 is 4.72 Å². The summed E-state index contributed by atoms with van der Waals surface area (Å²) in [5.74, 6) is -0.227. The van der Waals surface area contributed by atoms with Crippen molar-refractivity contribution in [3.63, 3.8) is 0 Å². The fourth-order valence-electron chi connectivity index (χ4n) is 2.52. The molecule has 0 bridgehead atoms. The molecule has 2 rings (SSSR count). The van der Waals surface area contributed by atoms with Crippen LogP contribution >= 0.6 is 0 Å². The van der Waals surface area contributed by atoms with Gasteiger partial charge in [0.05, 0.1) is 17.3 Å². The van der Waals surface area contributed by atoms with Crippen LogP contribution in [0.25, 0.3) is 0 Å². The molecule has 0 spiro atoms. The van der Waals surface area contributed by atoms with Crippen LogP contribution in [0.1, 0.15) is 6.92 Å². The molecule has 1 aliphatic rings. The standard InChI is InChI=1S/C14H21N3O6S2/c1-11(18)16-7-8-17(10-13(19)9-16)25(22,23)14-5-3-12(4-6-14)15-24(2,20)21/h3-6,13,15,19H,7-10H2,1-2H3. The third-order valence-electron chi connectivity index (χ3n) is 3.71. The van der Waals surface area contributed by atoms with Gasteiger partial charge in [-0.25, -0.2) is 16.8 Å². The third-order valence-corrected chi connectivity index (χ3v) is 6.19. The topological polar surface area (TPSA) is 124 Å². The third kappa shape index (κ3) is 5.14. The second-order valence-corrected chi connectivity index (χ2v) is 9.57. The molecule has 0 radical (unpaired) electrons. The van der Waals surface area contributed by atoms with Crippen molar-refractivity contribution in [1.29, 1.82) is 0 Å². The number of sulfonamides is 2. The number of hydrogen-bond acceptors (Lipinski definition) is 6. The van der Waals surface area contributed by atoms with Gasteiger partial charge in [-0.3, -0.25) is 9.52 Å². The summed E-state index contributed by atoms with van der Waals surface area (Å²) in [4.78, 5) is 12.8. The number of benzene rings is 1. The Balaban J connectivity index is 2.21. The van der Waals surface area contributed by atoms with Crippen LogP contribution in [0.15, 0.2) is 29.2 Å². The van der Waals surface area contributed by atoms with Crippen LogP contribution in [-0.2, 0) is 24.8 Å². The van der Waals surface area contributed by atoms with Gasteiger partial charge in [0.2, 0.25) is 26.0 Å². The SMILES string of the molecule is CC(=O)N1CCN(S(=O)(=O)c2ccc(NS(C)(=O)=O)cc2)CC(O)C1. The van der Waals surface area contributed by atoms with Gasteiger partial charge >= 0.3 is 0 Å². The van der Waals surface area contributed by atoms with Crippen molar-refractivity contribution in [2.45, 2.75) is 17.9 Å². The van der Waals surface area contributed by atoms with Crippen LogP contribution in [0.2, 0.25) is 0 Å². The number of carbonyl (C=O) groups is 1. The highest BCUT2D eigenvalue weighted by molar-refractivity contribution is 7.92. The average Bonchev–Trinajstić information content (AvgIpc) is 2.68. The number of aliphatic hydroxyl groups is 1. The molecule has 1 fully saturated rings. The van der Waals surface area contributed by atoms with Crippen molar-refractivity contribution in [3.05, 3.63) is 24.3 Å². The molecule has 140 valence electrons. The molecule has 11 heteroatoms. The van der Waals surface area contributed by atoms with Gasteiger partial charge in [0.15, 0.2) is 0 Å². The lowest BCUT2D eigenvalue weighted by Gasteiger charge is -2.21. The number of nitrogens with zero attached hydrogens (tertiary/aromatic N) is 2. The summed E-state index contributed by atoms with van der Waals surface area (Å²) < 4.78 is 51.2. The normalized spacial score (nSPS) is 20.1. The zero-order valence-electron chi connectivity index (χ0n) is 13.9. The molecular weight excluding hydrogens is 370 g/mol. The molecular formula is C14H21N3O6S2. The summed E-state index contributed by atoms with van der Waals surface area (Å²) in [7, 11) is -7.32. The van der Waals surface area contributed by atoms with Crippen molar-refractivity contribution < 1.29 is 26.7 Å². The van der Waals surface area contributed by atoms with Gasteiger partial charge in [0, 0.05) is 38.8 Å². The highest BCUT2D eigenvalue weighted by atomic mass is 32.2. The molecule has 1 aliphatic heterocycles. The number of aliphatic hydroxyl groups excluding tert-OH is 1. The first-order chi connectivity index (χ1) is 11.5. The van der Waals surface area contributed by atoms with Crippen LogP contribution in [0.5, 0.6) is 0 Å². The molecule has 1 amide bonds. The Labute approximate surface area is 147 Å². The minimum Gasteiger partial charge on any atom is -0.390 e. The quantitative estimate of drug-likeness (QED) is 0.697. The molecule has 2 N–H and O–H groups in total. The molecule has 0 saturated carbocycles. The van der Waals surface area contributed by atoms with E-state index in [4.69, 9.17) is 0 Å². The number of nitrogens with one attached hydrogen (secondary N) is 1. The Kier molecular flexibility index (Phi) is 5.72. The second-order valence-electron chi connectivity index (χ2n) is 5.88. The fraction of sp³-hybridized carbons (Fsp3) is 0.500. The number of hydrogen-bond donors (Lipinski definition) is 2. The summed E-state index contributed by atoms with van der Waals surface area (Å²) >= 11 is 0. The lowest BCUT2D eigenvalue weighted by Crippen LogP contribution is -2.37. The number of amides is 1. The molecule has 1 heterocycles. The van der Waals surface area contributed by atoms with E-state index in [9.17, 15) is 26.7 Å². The number of β-amino-alcohol motifs (C(OH)–C–C–N with tert-alkyl or cyclic N) is 1. The Morgan fingerprint density at radius 3 is 2.24 bits per heavy atom. The largest absolute Gasteiger partial charge is 0.390 e. The van der Waals surface area contributed by atoms with Crippen LogP contribution in [-0.4, -0.2) is 75.6 Å². The smallest absolute Gasteiger partial charge is 0.243 e. The molecule has 1 saturated heterocycles. The Bertz CT molecular complexity index is 836. The van der Waals surface area contributed by atoms with Gasteiger partial charge in [0.1, 0.15) is 0 Å². The van der Waals surface area contributed by atoms with E-state index in [-0.39, 0.29) is 42.7 Å². The second kappa shape index (κ2) is 7.28. The molecule has 1 aromatic rings. The molecule has 9 nitrogen and oxygen atoms in total. The zero-order valence-corrected chi connectivity index (χ0v) is 15.5. The Morgan fingerprint density at radius 1 is 1.12 bits per heavy atom. The minimum absolute atomic E-state index is 0.0185. The molecule has 25 heavy (non-hydrogen) atoms.